The predicted octanol–water partition coefficient (Wildman–Crippen LogP) is 3.65. The molecule has 2 aromatic rings. The Bertz CT molecular complexity index is 640. The standard InChI is InChI=1S/C17H18ClNO2/c1-12-7-8-15(18)16(9-12)21-11-17(20)19-10-14-6-4-3-5-13(14)2/h3-9H,10-11H2,1-2H3,(H,19,20). The molecule has 0 unspecified atom stereocenters. The van der Waals surface area contributed by atoms with Gasteiger partial charge in [-0.3, -0.25) is 4.79 Å². The molecule has 1 amide bonds. The summed E-state index contributed by atoms with van der Waals surface area (Å²) >= 11 is 6.02. The van der Waals surface area contributed by atoms with Crippen molar-refractivity contribution in [3.05, 3.63) is 64.2 Å². The SMILES string of the molecule is Cc1ccc(Cl)c(OCC(=O)NCc2ccccc2C)c1. The molecule has 2 rings (SSSR count). The first-order chi connectivity index (χ1) is 10.1. The van der Waals surface area contributed by atoms with Gasteiger partial charge in [-0.2, -0.15) is 0 Å². The molecule has 0 saturated heterocycles. The molecule has 2 aromatic carbocycles. The zero-order valence-electron chi connectivity index (χ0n) is 12.2. The molecule has 0 aliphatic heterocycles. The van der Waals surface area contributed by atoms with Crippen molar-refractivity contribution in [2.24, 2.45) is 0 Å². The van der Waals surface area contributed by atoms with E-state index in [1.54, 1.807) is 6.07 Å². The first-order valence-electron chi connectivity index (χ1n) is 6.76. The highest BCUT2D eigenvalue weighted by Gasteiger charge is 2.06. The molecule has 21 heavy (non-hydrogen) atoms. The minimum Gasteiger partial charge on any atom is -0.482 e. The molecule has 0 heterocycles. The molecule has 0 aromatic heterocycles. The van der Waals surface area contributed by atoms with Gasteiger partial charge in [-0.15, -0.1) is 0 Å². The van der Waals surface area contributed by atoms with E-state index >= 15 is 0 Å². The summed E-state index contributed by atoms with van der Waals surface area (Å²) in [5.74, 6) is 0.360. The maximum absolute atomic E-state index is 11.8. The van der Waals surface area contributed by atoms with Crippen molar-refractivity contribution in [2.45, 2.75) is 20.4 Å². The molecule has 4 heteroatoms. The van der Waals surface area contributed by atoms with Crippen molar-refractivity contribution >= 4 is 17.5 Å². The molecule has 3 nitrogen and oxygen atoms in total. The molecule has 0 atom stereocenters. The Hall–Kier alpha value is -2.00. The summed E-state index contributed by atoms with van der Waals surface area (Å²) in [5.41, 5.74) is 3.29. The minimum atomic E-state index is -0.171. The van der Waals surface area contributed by atoms with Crippen molar-refractivity contribution in [1.29, 1.82) is 0 Å². The van der Waals surface area contributed by atoms with Crippen molar-refractivity contribution in [3.8, 4) is 5.75 Å². The number of nitrogens with one attached hydrogen (secondary N) is 1. The molecule has 0 spiro atoms. The second kappa shape index (κ2) is 7.14. The lowest BCUT2D eigenvalue weighted by atomic mass is 10.1. The second-order valence-electron chi connectivity index (χ2n) is 4.93. The summed E-state index contributed by atoms with van der Waals surface area (Å²) in [6.45, 7) is 4.41. The van der Waals surface area contributed by atoms with Gasteiger partial charge in [-0.1, -0.05) is 41.9 Å². The van der Waals surface area contributed by atoms with E-state index in [0.29, 0.717) is 17.3 Å². The molecular formula is C17H18ClNO2. The third-order valence-electron chi connectivity index (χ3n) is 3.18. The Labute approximate surface area is 129 Å². The number of ether oxygens (including phenoxy) is 1. The minimum absolute atomic E-state index is 0.0466. The van der Waals surface area contributed by atoms with Crippen LogP contribution >= 0.6 is 11.6 Å². The smallest absolute Gasteiger partial charge is 0.258 e. The number of carbonyl (C=O) groups excluding carboxylic acids is 1. The van der Waals surface area contributed by atoms with Gasteiger partial charge < -0.3 is 10.1 Å². The van der Waals surface area contributed by atoms with E-state index in [-0.39, 0.29) is 12.5 Å². The fourth-order valence-electron chi connectivity index (χ4n) is 1.92. The Balaban J connectivity index is 1.85. The van der Waals surface area contributed by atoms with Crippen LogP contribution in [-0.2, 0) is 11.3 Å². The summed E-state index contributed by atoms with van der Waals surface area (Å²) in [6.07, 6.45) is 0. The van der Waals surface area contributed by atoms with Gasteiger partial charge in [0.2, 0.25) is 0 Å². The molecule has 110 valence electrons. The zero-order valence-corrected chi connectivity index (χ0v) is 12.9. The van der Waals surface area contributed by atoms with Crippen molar-refractivity contribution in [1.82, 2.24) is 5.32 Å². The lowest BCUT2D eigenvalue weighted by Crippen LogP contribution is -2.28. The van der Waals surface area contributed by atoms with Crippen LogP contribution < -0.4 is 10.1 Å². The molecular weight excluding hydrogens is 286 g/mol. The van der Waals surface area contributed by atoms with Gasteiger partial charge in [-0.05, 0) is 42.7 Å². The maximum Gasteiger partial charge on any atom is 0.258 e. The number of carbonyl (C=O) groups is 1. The number of rotatable bonds is 5. The quantitative estimate of drug-likeness (QED) is 0.915. The van der Waals surface area contributed by atoms with Crippen molar-refractivity contribution < 1.29 is 9.53 Å². The highest BCUT2D eigenvalue weighted by Crippen LogP contribution is 2.25. The zero-order chi connectivity index (χ0) is 15.2. The Morgan fingerprint density at radius 1 is 1.19 bits per heavy atom. The van der Waals surface area contributed by atoms with Gasteiger partial charge in [0.15, 0.2) is 6.61 Å². The van der Waals surface area contributed by atoms with Crippen LogP contribution in [0.4, 0.5) is 0 Å². The van der Waals surface area contributed by atoms with E-state index in [1.807, 2.05) is 50.2 Å². The molecule has 0 fully saturated rings. The number of aryl methyl sites for hydroxylation is 2. The highest BCUT2D eigenvalue weighted by molar-refractivity contribution is 6.32. The number of amides is 1. The Kier molecular flexibility index (Phi) is 5.23. The topological polar surface area (TPSA) is 38.3 Å². The van der Waals surface area contributed by atoms with E-state index in [9.17, 15) is 4.79 Å². The van der Waals surface area contributed by atoms with Gasteiger partial charge in [0.25, 0.3) is 5.91 Å². The summed E-state index contributed by atoms with van der Waals surface area (Å²) < 4.78 is 5.45. The number of hydrogen-bond acceptors (Lipinski definition) is 2. The van der Waals surface area contributed by atoms with E-state index in [2.05, 4.69) is 5.32 Å². The first kappa shape index (κ1) is 15.4. The predicted molar refractivity (Wildman–Crippen MR) is 84.7 cm³/mol. The molecule has 0 bridgehead atoms. The highest BCUT2D eigenvalue weighted by atomic mass is 35.5. The van der Waals surface area contributed by atoms with Crippen LogP contribution in [0.25, 0.3) is 0 Å². The van der Waals surface area contributed by atoms with E-state index < -0.39 is 0 Å². The monoisotopic (exact) mass is 303 g/mol. The van der Waals surface area contributed by atoms with E-state index in [1.165, 1.54) is 0 Å². The van der Waals surface area contributed by atoms with Gasteiger partial charge >= 0.3 is 0 Å². The average Bonchev–Trinajstić information content (AvgIpc) is 2.47. The van der Waals surface area contributed by atoms with Crippen molar-refractivity contribution in [3.63, 3.8) is 0 Å². The molecule has 0 saturated carbocycles. The van der Waals surface area contributed by atoms with Gasteiger partial charge in [0, 0.05) is 6.54 Å². The number of benzene rings is 2. The second-order valence-corrected chi connectivity index (χ2v) is 5.33. The molecule has 0 aliphatic carbocycles. The van der Waals surface area contributed by atoms with Crippen LogP contribution in [0.3, 0.4) is 0 Å². The molecule has 1 N–H and O–H groups in total. The normalized spacial score (nSPS) is 10.2. The summed E-state index contributed by atoms with van der Waals surface area (Å²) in [6, 6.07) is 13.4. The first-order valence-corrected chi connectivity index (χ1v) is 7.14. The van der Waals surface area contributed by atoms with Gasteiger partial charge in [0.1, 0.15) is 5.75 Å². The Morgan fingerprint density at radius 3 is 2.71 bits per heavy atom. The van der Waals surface area contributed by atoms with Gasteiger partial charge in [0.05, 0.1) is 5.02 Å². The summed E-state index contributed by atoms with van der Waals surface area (Å²) in [5, 5.41) is 3.34. The summed E-state index contributed by atoms with van der Waals surface area (Å²) in [7, 11) is 0. The van der Waals surface area contributed by atoms with E-state index in [4.69, 9.17) is 16.3 Å². The van der Waals surface area contributed by atoms with Crippen LogP contribution in [0.5, 0.6) is 5.75 Å². The lowest BCUT2D eigenvalue weighted by molar-refractivity contribution is -0.123. The van der Waals surface area contributed by atoms with Crippen LogP contribution in [-0.4, -0.2) is 12.5 Å². The number of hydrogen-bond donors (Lipinski definition) is 1. The fraction of sp³-hybridized carbons (Fsp3) is 0.235. The summed E-state index contributed by atoms with van der Waals surface area (Å²) in [4.78, 5) is 11.8. The van der Waals surface area contributed by atoms with E-state index in [0.717, 1.165) is 16.7 Å². The maximum atomic E-state index is 11.8. The largest absolute Gasteiger partial charge is 0.482 e. The average molecular weight is 304 g/mol. The third kappa shape index (κ3) is 4.50. The lowest BCUT2D eigenvalue weighted by Gasteiger charge is -2.10. The van der Waals surface area contributed by atoms with Crippen molar-refractivity contribution in [2.75, 3.05) is 6.61 Å². The van der Waals surface area contributed by atoms with Crippen LogP contribution in [0, 0.1) is 13.8 Å². The third-order valence-corrected chi connectivity index (χ3v) is 3.49. The fourth-order valence-corrected chi connectivity index (χ4v) is 2.09. The van der Waals surface area contributed by atoms with Crippen LogP contribution in [0.2, 0.25) is 5.02 Å². The van der Waals surface area contributed by atoms with Crippen LogP contribution in [0.1, 0.15) is 16.7 Å². The van der Waals surface area contributed by atoms with Crippen LogP contribution in [0.15, 0.2) is 42.5 Å². The molecule has 0 radical (unpaired) electrons. The molecule has 0 aliphatic rings. The number of halogens is 1. The van der Waals surface area contributed by atoms with Gasteiger partial charge in [-0.25, -0.2) is 0 Å². The Morgan fingerprint density at radius 2 is 1.95 bits per heavy atom.